The predicted octanol–water partition coefficient (Wildman–Crippen LogP) is 3.27. The van der Waals surface area contributed by atoms with Crippen molar-refractivity contribution < 1.29 is 13.7 Å². The van der Waals surface area contributed by atoms with Crippen LogP contribution in [0.15, 0.2) is 27.1 Å². The molecule has 0 saturated heterocycles. The Kier molecular flexibility index (Phi) is 3.34. The molecule has 2 aromatic heterocycles. The standard InChI is InChI=1S/C15H18N2O3/c1-9-7-12(9)13-5-3-11(19-13)4-6-15(18)16-14-8-10(2)20-17-14/h3,5,8-9,12H,4,6-7H2,1-2H3,(H,16,17,18)/t9-,12-/m1/s1. The molecule has 0 aliphatic heterocycles. The zero-order valence-electron chi connectivity index (χ0n) is 11.7. The number of nitrogens with zero attached hydrogens (tertiary/aromatic N) is 1. The first-order valence-electron chi connectivity index (χ1n) is 6.93. The van der Waals surface area contributed by atoms with Gasteiger partial charge in [0.25, 0.3) is 0 Å². The quantitative estimate of drug-likeness (QED) is 0.908. The molecule has 1 N–H and O–H groups in total. The van der Waals surface area contributed by atoms with Crippen molar-refractivity contribution in [2.45, 2.75) is 39.0 Å². The summed E-state index contributed by atoms with van der Waals surface area (Å²) in [5.41, 5.74) is 0. The molecule has 2 heterocycles. The molecule has 1 aliphatic rings. The monoisotopic (exact) mass is 274 g/mol. The summed E-state index contributed by atoms with van der Waals surface area (Å²) in [5, 5.41) is 6.42. The highest BCUT2D eigenvalue weighted by atomic mass is 16.5. The van der Waals surface area contributed by atoms with Gasteiger partial charge < -0.3 is 14.3 Å². The predicted molar refractivity (Wildman–Crippen MR) is 73.4 cm³/mol. The summed E-state index contributed by atoms with van der Waals surface area (Å²) in [6.07, 6.45) is 2.18. The Hall–Kier alpha value is -2.04. The Morgan fingerprint density at radius 2 is 2.30 bits per heavy atom. The van der Waals surface area contributed by atoms with Crippen molar-refractivity contribution in [2.75, 3.05) is 5.32 Å². The maximum absolute atomic E-state index is 11.8. The van der Waals surface area contributed by atoms with E-state index >= 15 is 0 Å². The molecular weight excluding hydrogens is 256 g/mol. The number of hydrogen-bond acceptors (Lipinski definition) is 4. The number of amides is 1. The van der Waals surface area contributed by atoms with Gasteiger partial charge in [0.2, 0.25) is 5.91 Å². The van der Waals surface area contributed by atoms with E-state index in [1.165, 1.54) is 6.42 Å². The van der Waals surface area contributed by atoms with E-state index in [0.717, 1.165) is 17.4 Å². The molecule has 1 fully saturated rings. The average Bonchev–Trinajstić information content (AvgIpc) is 2.82. The summed E-state index contributed by atoms with van der Waals surface area (Å²) in [5.74, 6) is 4.28. The van der Waals surface area contributed by atoms with Crippen LogP contribution in [0.4, 0.5) is 5.82 Å². The van der Waals surface area contributed by atoms with Crippen molar-refractivity contribution in [1.29, 1.82) is 0 Å². The number of aryl methyl sites for hydroxylation is 2. The molecule has 0 bridgehead atoms. The van der Waals surface area contributed by atoms with Gasteiger partial charge >= 0.3 is 0 Å². The first kappa shape index (κ1) is 13.0. The minimum absolute atomic E-state index is 0.0870. The van der Waals surface area contributed by atoms with Gasteiger partial charge in [0, 0.05) is 24.8 Å². The van der Waals surface area contributed by atoms with E-state index in [2.05, 4.69) is 17.4 Å². The number of anilines is 1. The Bertz CT molecular complexity index is 614. The van der Waals surface area contributed by atoms with Crippen LogP contribution >= 0.6 is 0 Å². The molecule has 1 aliphatic carbocycles. The molecule has 0 aromatic carbocycles. The molecule has 2 atom stereocenters. The zero-order chi connectivity index (χ0) is 14.1. The maximum Gasteiger partial charge on any atom is 0.226 e. The van der Waals surface area contributed by atoms with Crippen molar-refractivity contribution >= 4 is 11.7 Å². The number of hydrogen-bond donors (Lipinski definition) is 1. The first-order valence-corrected chi connectivity index (χ1v) is 6.93. The highest BCUT2D eigenvalue weighted by Gasteiger charge is 2.36. The number of nitrogens with one attached hydrogen (secondary N) is 1. The van der Waals surface area contributed by atoms with Gasteiger partial charge in [-0.1, -0.05) is 12.1 Å². The normalized spacial score (nSPS) is 20.9. The minimum Gasteiger partial charge on any atom is -0.466 e. The minimum atomic E-state index is -0.0870. The van der Waals surface area contributed by atoms with Crippen LogP contribution in [0.2, 0.25) is 0 Å². The van der Waals surface area contributed by atoms with E-state index in [-0.39, 0.29) is 5.91 Å². The topological polar surface area (TPSA) is 68.3 Å². The first-order chi connectivity index (χ1) is 9.61. The van der Waals surface area contributed by atoms with Gasteiger partial charge in [-0.3, -0.25) is 4.79 Å². The molecule has 0 spiro atoms. The Balaban J connectivity index is 1.49. The number of rotatable bonds is 5. The van der Waals surface area contributed by atoms with Gasteiger partial charge in [-0.05, 0) is 31.4 Å². The molecule has 106 valence electrons. The fraction of sp³-hybridized carbons (Fsp3) is 0.467. The number of carbonyl (C=O) groups excluding carboxylic acids is 1. The third-order valence-electron chi connectivity index (χ3n) is 3.65. The molecule has 0 unspecified atom stereocenters. The lowest BCUT2D eigenvalue weighted by molar-refractivity contribution is -0.116. The fourth-order valence-corrected chi connectivity index (χ4v) is 2.31. The Morgan fingerprint density at radius 1 is 1.50 bits per heavy atom. The SMILES string of the molecule is Cc1cc(NC(=O)CCc2ccc([C@@H]3C[C@H]3C)o2)no1. The van der Waals surface area contributed by atoms with Crippen molar-refractivity contribution in [3.05, 3.63) is 35.5 Å². The van der Waals surface area contributed by atoms with Crippen LogP contribution in [0, 0.1) is 12.8 Å². The Morgan fingerprint density at radius 3 is 2.95 bits per heavy atom. The van der Waals surface area contributed by atoms with E-state index < -0.39 is 0 Å². The summed E-state index contributed by atoms with van der Waals surface area (Å²) in [7, 11) is 0. The van der Waals surface area contributed by atoms with Gasteiger partial charge in [-0.25, -0.2) is 0 Å². The van der Waals surface area contributed by atoms with Gasteiger partial charge in [-0.2, -0.15) is 0 Å². The van der Waals surface area contributed by atoms with Gasteiger partial charge in [0.05, 0.1) is 0 Å². The second-order valence-corrected chi connectivity index (χ2v) is 5.49. The molecule has 5 heteroatoms. The largest absolute Gasteiger partial charge is 0.466 e. The van der Waals surface area contributed by atoms with E-state index in [9.17, 15) is 4.79 Å². The maximum atomic E-state index is 11.8. The van der Waals surface area contributed by atoms with Crippen LogP contribution in [0.1, 0.15) is 43.0 Å². The molecule has 3 rings (SSSR count). The van der Waals surface area contributed by atoms with Crippen LogP contribution in [0.25, 0.3) is 0 Å². The van der Waals surface area contributed by atoms with Crippen LogP contribution in [-0.4, -0.2) is 11.1 Å². The van der Waals surface area contributed by atoms with Gasteiger partial charge in [0.15, 0.2) is 5.82 Å². The highest BCUT2D eigenvalue weighted by Crippen LogP contribution is 2.47. The molecule has 1 saturated carbocycles. The summed E-state index contributed by atoms with van der Waals surface area (Å²) >= 11 is 0. The summed E-state index contributed by atoms with van der Waals surface area (Å²) in [4.78, 5) is 11.8. The van der Waals surface area contributed by atoms with E-state index in [0.29, 0.717) is 30.3 Å². The number of aromatic nitrogens is 1. The van der Waals surface area contributed by atoms with Crippen LogP contribution < -0.4 is 5.32 Å². The average molecular weight is 274 g/mol. The third-order valence-corrected chi connectivity index (χ3v) is 3.65. The van der Waals surface area contributed by atoms with E-state index in [1.807, 2.05) is 12.1 Å². The van der Waals surface area contributed by atoms with Crippen LogP contribution in [0.3, 0.4) is 0 Å². The fourth-order valence-electron chi connectivity index (χ4n) is 2.31. The lowest BCUT2D eigenvalue weighted by Gasteiger charge is -1.99. The lowest BCUT2D eigenvalue weighted by atomic mass is 10.2. The van der Waals surface area contributed by atoms with Gasteiger partial charge in [0.1, 0.15) is 17.3 Å². The molecule has 0 radical (unpaired) electrons. The second kappa shape index (κ2) is 5.15. The van der Waals surface area contributed by atoms with Crippen LogP contribution in [-0.2, 0) is 11.2 Å². The number of furan rings is 1. The van der Waals surface area contributed by atoms with Crippen molar-refractivity contribution in [3.8, 4) is 0 Å². The smallest absolute Gasteiger partial charge is 0.226 e. The Labute approximate surface area is 117 Å². The molecule has 5 nitrogen and oxygen atoms in total. The highest BCUT2D eigenvalue weighted by molar-refractivity contribution is 5.89. The summed E-state index contributed by atoms with van der Waals surface area (Å²) in [6.45, 7) is 4.01. The van der Waals surface area contributed by atoms with Crippen molar-refractivity contribution in [3.63, 3.8) is 0 Å². The molecule has 1 amide bonds. The summed E-state index contributed by atoms with van der Waals surface area (Å²) in [6, 6.07) is 5.69. The molecule has 20 heavy (non-hydrogen) atoms. The zero-order valence-corrected chi connectivity index (χ0v) is 11.7. The van der Waals surface area contributed by atoms with Crippen LogP contribution in [0.5, 0.6) is 0 Å². The lowest BCUT2D eigenvalue weighted by Crippen LogP contribution is -2.12. The summed E-state index contributed by atoms with van der Waals surface area (Å²) < 4.78 is 10.7. The second-order valence-electron chi connectivity index (χ2n) is 5.49. The van der Waals surface area contributed by atoms with Crippen molar-refractivity contribution in [1.82, 2.24) is 5.16 Å². The number of carbonyl (C=O) groups is 1. The van der Waals surface area contributed by atoms with E-state index in [4.69, 9.17) is 8.94 Å². The molecule has 2 aromatic rings. The van der Waals surface area contributed by atoms with Crippen molar-refractivity contribution in [2.24, 2.45) is 5.92 Å². The van der Waals surface area contributed by atoms with Gasteiger partial charge in [-0.15, -0.1) is 0 Å². The third kappa shape index (κ3) is 2.92. The van der Waals surface area contributed by atoms with E-state index in [1.54, 1.807) is 13.0 Å². The molecular formula is C15H18N2O3.